The van der Waals surface area contributed by atoms with Crippen LogP contribution in [0.15, 0.2) is 42.5 Å². The van der Waals surface area contributed by atoms with Crippen molar-refractivity contribution in [3.8, 4) is 0 Å². The highest BCUT2D eigenvalue weighted by Crippen LogP contribution is 2.25. The van der Waals surface area contributed by atoms with Crippen LogP contribution in [-0.4, -0.2) is 50.0 Å². The Labute approximate surface area is 208 Å². The molecule has 2 amide bonds. The van der Waals surface area contributed by atoms with Gasteiger partial charge in [-0.05, 0) is 62.9 Å². The minimum atomic E-state index is -3.80. The highest BCUT2D eigenvalue weighted by molar-refractivity contribution is 7.92. The van der Waals surface area contributed by atoms with Gasteiger partial charge in [-0.15, -0.1) is 0 Å². The third-order valence-corrected chi connectivity index (χ3v) is 7.09. The lowest BCUT2D eigenvalue weighted by molar-refractivity contribution is -0.140. The van der Waals surface area contributed by atoms with Gasteiger partial charge in [0.25, 0.3) is 0 Å². The molecule has 2 aromatic rings. The van der Waals surface area contributed by atoms with Crippen molar-refractivity contribution in [3.63, 3.8) is 0 Å². The summed E-state index contributed by atoms with van der Waals surface area (Å²) in [5.41, 5.74) is 2.95. The second-order valence-electron chi connectivity index (χ2n) is 8.74. The number of amides is 2. The number of anilines is 1. The van der Waals surface area contributed by atoms with Crippen LogP contribution in [0.1, 0.15) is 43.9 Å². The summed E-state index contributed by atoms with van der Waals surface area (Å²) in [6.45, 7) is 9.01. The first-order chi connectivity index (χ1) is 15.8. The minimum absolute atomic E-state index is 0.0980. The van der Waals surface area contributed by atoms with E-state index < -0.39 is 28.5 Å². The number of sulfonamides is 1. The van der Waals surface area contributed by atoms with Crippen LogP contribution in [0.2, 0.25) is 5.02 Å². The summed E-state index contributed by atoms with van der Waals surface area (Å²) < 4.78 is 26.3. The van der Waals surface area contributed by atoms with Crippen LogP contribution in [0.3, 0.4) is 0 Å². The van der Waals surface area contributed by atoms with Gasteiger partial charge in [0.2, 0.25) is 21.8 Å². The van der Waals surface area contributed by atoms with Gasteiger partial charge in [-0.25, -0.2) is 8.42 Å². The number of rotatable bonds is 10. The molecule has 0 saturated heterocycles. The molecule has 1 N–H and O–H groups in total. The molecule has 0 aromatic heterocycles. The number of carbonyl (C=O) groups is 2. The van der Waals surface area contributed by atoms with Crippen LogP contribution < -0.4 is 9.62 Å². The lowest BCUT2D eigenvalue weighted by atomic mass is 10.1. The maximum Gasteiger partial charge on any atom is 0.244 e. The fourth-order valence-corrected chi connectivity index (χ4v) is 4.64. The van der Waals surface area contributed by atoms with E-state index in [0.29, 0.717) is 17.1 Å². The minimum Gasteiger partial charge on any atom is -0.352 e. The summed E-state index contributed by atoms with van der Waals surface area (Å²) in [4.78, 5) is 28.1. The van der Waals surface area contributed by atoms with Crippen molar-refractivity contribution in [1.29, 1.82) is 0 Å². The fraction of sp³-hybridized carbons (Fsp3) is 0.440. The fourth-order valence-electron chi connectivity index (χ4n) is 3.62. The van der Waals surface area contributed by atoms with Gasteiger partial charge in [-0.1, -0.05) is 48.9 Å². The smallest absolute Gasteiger partial charge is 0.244 e. The Hall–Kier alpha value is -2.58. The molecule has 0 fully saturated rings. The Morgan fingerprint density at radius 3 is 2.24 bits per heavy atom. The van der Waals surface area contributed by atoms with Gasteiger partial charge < -0.3 is 10.2 Å². The number of benzene rings is 2. The molecule has 0 saturated carbocycles. The van der Waals surface area contributed by atoms with Crippen molar-refractivity contribution in [1.82, 2.24) is 10.2 Å². The summed E-state index contributed by atoms with van der Waals surface area (Å²) in [5.74, 6) is -0.750. The zero-order valence-corrected chi connectivity index (χ0v) is 22.2. The van der Waals surface area contributed by atoms with Crippen LogP contribution in [-0.2, 0) is 26.2 Å². The van der Waals surface area contributed by atoms with E-state index in [9.17, 15) is 18.0 Å². The number of nitrogens with one attached hydrogen (secondary N) is 1. The molecule has 34 heavy (non-hydrogen) atoms. The molecule has 0 spiro atoms. The molecule has 0 radical (unpaired) electrons. The molecule has 9 heteroatoms. The molecule has 1 unspecified atom stereocenters. The third kappa shape index (κ3) is 7.21. The van der Waals surface area contributed by atoms with Crippen LogP contribution in [0.4, 0.5) is 5.69 Å². The molecule has 0 aliphatic carbocycles. The van der Waals surface area contributed by atoms with Gasteiger partial charge in [0.1, 0.15) is 12.6 Å². The highest BCUT2D eigenvalue weighted by atomic mass is 35.5. The number of hydrogen-bond donors (Lipinski definition) is 1. The molecule has 0 aliphatic rings. The van der Waals surface area contributed by atoms with Crippen molar-refractivity contribution in [2.24, 2.45) is 0 Å². The van der Waals surface area contributed by atoms with Crippen molar-refractivity contribution in [3.05, 3.63) is 64.2 Å². The van der Waals surface area contributed by atoms with Crippen LogP contribution in [0.25, 0.3) is 0 Å². The molecule has 1 atom stereocenters. The van der Waals surface area contributed by atoms with E-state index in [1.54, 1.807) is 12.1 Å². The van der Waals surface area contributed by atoms with Crippen molar-refractivity contribution in [2.45, 2.75) is 59.7 Å². The average Bonchev–Trinajstić information content (AvgIpc) is 2.73. The molecule has 186 valence electrons. The predicted molar refractivity (Wildman–Crippen MR) is 137 cm³/mol. The van der Waals surface area contributed by atoms with Gasteiger partial charge in [-0.2, -0.15) is 0 Å². The Morgan fingerprint density at radius 1 is 1.06 bits per heavy atom. The average molecular weight is 508 g/mol. The number of aryl methyl sites for hydroxylation is 2. The van der Waals surface area contributed by atoms with Gasteiger partial charge in [0, 0.05) is 17.6 Å². The van der Waals surface area contributed by atoms with Gasteiger partial charge in [0.05, 0.1) is 11.9 Å². The van der Waals surface area contributed by atoms with E-state index in [0.717, 1.165) is 27.3 Å². The van der Waals surface area contributed by atoms with Crippen LogP contribution in [0, 0.1) is 13.8 Å². The first-order valence-corrected chi connectivity index (χ1v) is 13.5. The maximum atomic E-state index is 13.6. The zero-order chi connectivity index (χ0) is 25.6. The normalized spacial score (nSPS) is 12.4. The Kier molecular flexibility index (Phi) is 9.53. The lowest BCUT2D eigenvalue weighted by Crippen LogP contribution is -2.53. The summed E-state index contributed by atoms with van der Waals surface area (Å²) in [5, 5.41) is 3.28. The van der Waals surface area contributed by atoms with E-state index in [2.05, 4.69) is 5.32 Å². The van der Waals surface area contributed by atoms with Crippen LogP contribution in [0.5, 0.6) is 0 Å². The zero-order valence-electron chi connectivity index (χ0n) is 20.6. The second-order valence-corrected chi connectivity index (χ2v) is 11.1. The van der Waals surface area contributed by atoms with Gasteiger partial charge >= 0.3 is 0 Å². The predicted octanol–water partition coefficient (Wildman–Crippen LogP) is 4.05. The molecule has 0 heterocycles. The summed E-state index contributed by atoms with van der Waals surface area (Å²) in [6, 6.07) is 11.6. The van der Waals surface area contributed by atoms with Crippen molar-refractivity contribution >= 4 is 39.1 Å². The second kappa shape index (κ2) is 11.7. The molecular formula is C25H34ClN3O4S. The molecule has 2 aromatic carbocycles. The first kappa shape index (κ1) is 27.7. The van der Waals surface area contributed by atoms with Crippen LogP contribution >= 0.6 is 11.6 Å². The molecule has 7 nitrogen and oxygen atoms in total. The summed E-state index contributed by atoms with van der Waals surface area (Å²) in [7, 11) is -3.80. The third-order valence-electron chi connectivity index (χ3n) is 5.54. The standard InChI is InChI=1S/C25H34ClN3O4S/c1-7-23(25(31)27-17(2)3)28(15-20-11-9-8-10-18(20)4)24(30)16-29(34(6,32)33)21-13-12-19(5)22(26)14-21/h8-14,17,23H,7,15-16H2,1-6H3,(H,27,31). The van der Waals surface area contributed by atoms with Gasteiger partial charge in [0.15, 0.2) is 0 Å². The van der Waals surface area contributed by atoms with E-state index in [4.69, 9.17) is 11.6 Å². The number of halogens is 1. The Morgan fingerprint density at radius 2 is 1.71 bits per heavy atom. The quantitative estimate of drug-likeness (QED) is 0.525. The van der Waals surface area contributed by atoms with E-state index >= 15 is 0 Å². The highest BCUT2D eigenvalue weighted by Gasteiger charge is 2.32. The maximum absolute atomic E-state index is 13.6. The van der Waals surface area contributed by atoms with Crippen molar-refractivity contribution < 1.29 is 18.0 Å². The molecule has 2 rings (SSSR count). The summed E-state index contributed by atoms with van der Waals surface area (Å²) >= 11 is 6.22. The molecule has 0 bridgehead atoms. The van der Waals surface area contributed by atoms with Gasteiger partial charge in [-0.3, -0.25) is 13.9 Å². The first-order valence-electron chi connectivity index (χ1n) is 11.2. The van der Waals surface area contributed by atoms with Crippen molar-refractivity contribution in [2.75, 3.05) is 17.1 Å². The van der Waals surface area contributed by atoms with E-state index in [1.165, 1.54) is 11.0 Å². The number of hydrogen-bond acceptors (Lipinski definition) is 4. The molecular weight excluding hydrogens is 474 g/mol. The largest absolute Gasteiger partial charge is 0.352 e. The Balaban J connectivity index is 2.48. The summed E-state index contributed by atoms with van der Waals surface area (Å²) in [6.07, 6.45) is 1.42. The topological polar surface area (TPSA) is 86.8 Å². The lowest BCUT2D eigenvalue weighted by Gasteiger charge is -2.33. The molecule has 0 aliphatic heterocycles. The van der Waals surface area contributed by atoms with E-state index in [-0.39, 0.29) is 18.5 Å². The Bertz CT molecular complexity index is 1130. The monoisotopic (exact) mass is 507 g/mol. The number of carbonyl (C=O) groups excluding carboxylic acids is 2. The SMILES string of the molecule is CCC(C(=O)NC(C)C)N(Cc1ccccc1C)C(=O)CN(c1ccc(C)c(Cl)c1)S(C)(=O)=O. The van der Waals surface area contributed by atoms with E-state index in [1.807, 2.05) is 58.9 Å². The number of nitrogens with zero attached hydrogens (tertiary/aromatic N) is 2.